The van der Waals surface area contributed by atoms with Crippen LogP contribution in [0.3, 0.4) is 0 Å². The molecular weight excluding hydrogens is 183 g/mol. The molecule has 14 heavy (non-hydrogen) atoms. The van der Waals surface area contributed by atoms with E-state index in [2.05, 4.69) is 15.4 Å². The lowest BCUT2D eigenvalue weighted by Gasteiger charge is -2.12. The number of rotatable bonds is 3. The van der Waals surface area contributed by atoms with Gasteiger partial charge in [-0.3, -0.25) is 4.79 Å². The highest BCUT2D eigenvalue weighted by atomic mass is 16.4. The van der Waals surface area contributed by atoms with E-state index in [-0.39, 0.29) is 11.9 Å². The fraction of sp³-hybridized carbons (Fsp3) is 0.714. The Morgan fingerprint density at radius 1 is 1.57 bits per heavy atom. The van der Waals surface area contributed by atoms with Crippen molar-refractivity contribution in [3.05, 3.63) is 0 Å². The zero-order valence-corrected chi connectivity index (χ0v) is 8.43. The van der Waals surface area contributed by atoms with Gasteiger partial charge in [-0.25, -0.2) is 0 Å². The summed E-state index contributed by atoms with van der Waals surface area (Å²) in [6, 6.07) is 0. The number of carbonyl (C=O) groups is 1. The van der Waals surface area contributed by atoms with Gasteiger partial charge in [-0.05, 0) is 5.21 Å². The van der Waals surface area contributed by atoms with Crippen LogP contribution in [0.25, 0.3) is 0 Å². The number of carboxylic acids is 1. The summed E-state index contributed by atoms with van der Waals surface area (Å²) in [5.74, 6) is -0.982. The lowest BCUT2D eigenvalue weighted by Crippen LogP contribution is -2.27. The Hall–Kier alpha value is -1.40. The normalized spacial score (nSPS) is 11.4. The molecule has 75 valence electrons. The van der Waals surface area contributed by atoms with Crippen molar-refractivity contribution in [1.82, 2.24) is 20.2 Å². The Labute approximate surface area is 82.5 Å². The van der Waals surface area contributed by atoms with Crippen LogP contribution in [0.15, 0.2) is 0 Å². The first-order chi connectivity index (χ1) is 6.37. The predicted octanol–water partition coefficient (Wildman–Crippen LogP) is -0.694. The van der Waals surface area contributed by atoms with Crippen molar-refractivity contribution in [2.24, 2.45) is 0 Å². The van der Waals surface area contributed by atoms with E-state index in [0.717, 1.165) is 4.80 Å². The Morgan fingerprint density at radius 2 is 2.21 bits per heavy atom. The highest BCUT2D eigenvalue weighted by Crippen LogP contribution is 2.18. The lowest BCUT2D eigenvalue weighted by molar-refractivity contribution is -0.138. The molecule has 1 aromatic rings. The molecule has 0 saturated carbocycles. The zero-order valence-electron chi connectivity index (χ0n) is 8.43. The number of carboxylic acid groups (broad SMARTS) is 1. The molecule has 0 amide bonds. The van der Waals surface area contributed by atoms with Gasteiger partial charge in [-0.1, -0.05) is 26.1 Å². The van der Waals surface area contributed by atoms with E-state index in [1.807, 2.05) is 28.1 Å². The first-order valence-corrected chi connectivity index (χ1v) is 4.22. The van der Waals surface area contributed by atoms with Crippen LogP contribution >= 0.6 is 0 Å². The lowest BCUT2D eigenvalue weighted by atomic mass is 9.55. The predicted molar refractivity (Wildman–Crippen MR) is 50.6 cm³/mol. The smallest absolute Gasteiger partial charge is 0.327 e. The molecule has 1 aromatic heterocycles. The number of nitrogens with zero attached hydrogens (tertiary/aromatic N) is 4. The maximum absolute atomic E-state index is 10.3. The van der Waals surface area contributed by atoms with E-state index in [4.69, 9.17) is 5.11 Å². The number of hydrogen-bond acceptors (Lipinski definition) is 4. The van der Waals surface area contributed by atoms with Crippen molar-refractivity contribution >= 4 is 19.0 Å². The molecule has 0 fully saturated rings. The molecule has 6 nitrogen and oxygen atoms in total. The Kier molecular flexibility index (Phi) is 2.88. The minimum absolute atomic E-state index is 0.0446. The topological polar surface area (TPSA) is 80.9 Å². The molecule has 0 aliphatic rings. The summed E-state index contributed by atoms with van der Waals surface area (Å²) < 4.78 is 0. The van der Waals surface area contributed by atoms with Gasteiger partial charge >= 0.3 is 5.97 Å². The largest absolute Gasteiger partial charge is 0.480 e. The average Bonchev–Trinajstić information content (AvgIpc) is 2.30. The monoisotopic (exact) mass is 195 g/mol. The van der Waals surface area contributed by atoms with Crippen molar-refractivity contribution in [2.45, 2.75) is 32.6 Å². The SMILES string of the molecule is CC(C)(C)[B]c1nnn(CC(=O)O)n1. The summed E-state index contributed by atoms with van der Waals surface area (Å²) in [6.45, 7) is 5.76. The Balaban J connectivity index is 2.64. The van der Waals surface area contributed by atoms with Gasteiger partial charge in [0.1, 0.15) is 5.72 Å². The van der Waals surface area contributed by atoms with E-state index < -0.39 is 5.97 Å². The molecule has 1 heterocycles. The van der Waals surface area contributed by atoms with Crippen LogP contribution in [-0.2, 0) is 11.3 Å². The van der Waals surface area contributed by atoms with Crippen molar-refractivity contribution in [3.63, 3.8) is 0 Å². The van der Waals surface area contributed by atoms with Gasteiger partial charge in [0.15, 0.2) is 6.54 Å². The molecule has 7 heteroatoms. The minimum atomic E-state index is -0.982. The van der Waals surface area contributed by atoms with Crippen LogP contribution in [0.4, 0.5) is 0 Å². The Bertz CT molecular complexity index is 331. The van der Waals surface area contributed by atoms with Gasteiger partial charge in [0.25, 0.3) is 0 Å². The maximum Gasteiger partial charge on any atom is 0.327 e. The molecule has 0 unspecified atom stereocenters. The van der Waals surface area contributed by atoms with E-state index in [9.17, 15) is 4.79 Å². The first kappa shape index (κ1) is 10.7. The van der Waals surface area contributed by atoms with Crippen LogP contribution in [0.5, 0.6) is 0 Å². The second-order valence-corrected chi connectivity index (χ2v) is 4.08. The van der Waals surface area contributed by atoms with Crippen LogP contribution in [0, 0.1) is 0 Å². The van der Waals surface area contributed by atoms with Gasteiger partial charge in [-0.2, -0.15) is 4.80 Å². The summed E-state index contributed by atoms with van der Waals surface area (Å²) in [5.41, 5.74) is 0.457. The number of aliphatic carboxylic acids is 1. The molecule has 1 rings (SSSR count). The van der Waals surface area contributed by atoms with Gasteiger partial charge in [0.05, 0.1) is 0 Å². The molecule has 1 N–H and O–H groups in total. The van der Waals surface area contributed by atoms with E-state index in [1.165, 1.54) is 0 Å². The average molecular weight is 195 g/mol. The summed E-state index contributed by atoms with van der Waals surface area (Å²) in [4.78, 5) is 11.4. The molecule has 0 aliphatic heterocycles. The zero-order chi connectivity index (χ0) is 10.8. The standard InChI is InChI=1S/C7H12BN4O2/c1-7(2,3)8-6-9-11-12(10-6)4-5(13)14/h4H2,1-3H3,(H,13,14). The van der Waals surface area contributed by atoms with Gasteiger partial charge in [0.2, 0.25) is 7.28 Å². The third-order valence-electron chi connectivity index (χ3n) is 1.31. The summed E-state index contributed by atoms with van der Waals surface area (Å²) in [6.07, 6.45) is 0. The number of tetrazole rings is 1. The molecular formula is C7H12BN4O2. The van der Waals surface area contributed by atoms with Gasteiger partial charge in [0, 0.05) is 0 Å². The maximum atomic E-state index is 10.3. The summed E-state index contributed by atoms with van der Waals surface area (Å²) in [5, 5.41) is 19.6. The molecule has 0 aliphatic carbocycles. The van der Waals surface area contributed by atoms with E-state index in [0.29, 0.717) is 5.72 Å². The quantitative estimate of drug-likeness (QED) is 0.645. The molecule has 0 spiro atoms. The summed E-state index contributed by atoms with van der Waals surface area (Å²) >= 11 is 0. The van der Waals surface area contributed by atoms with Crippen molar-refractivity contribution in [3.8, 4) is 0 Å². The number of aromatic nitrogens is 4. The third-order valence-corrected chi connectivity index (χ3v) is 1.31. The molecule has 0 bridgehead atoms. The third kappa shape index (κ3) is 3.55. The van der Waals surface area contributed by atoms with Crippen molar-refractivity contribution < 1.29 is 9.90 Å². The van der Waals surface area contributed by atoms with Gasteiger partial charge in [-0.15, -0.1) is 10.2 Å². The fourth-order valence-corrected chi connectivity index (χ4v) is 0.889. The van der Waals surface area contributed by atoms with Crippen LogP contribution in [0.1, 0.15) is 20.8 Å². The van der Waals surface area contributed by atoms with Crippen LogP contribution in [-0.4, -0.2) is 38.6 Å². The van der Waals surface area contributed by atoms with Crippen LogP contribution in [0.2, 0.25) is 5.31 Å². The minimum Gasteiger partial charge on any atom is -0.480 e. The fourth-order valence-electron chi connectivity index (χ4n) is 0.889. The second kappa shape index (κ2) is 3.77. The van der Waals surface area contributed by atoms with E-state index in [1.54, 1.807) is 0 Å². The molecule has 1 radical (unpaired) electrons. The van der Waals surface area contributed by atoms with Crippen LogP contribution < -0.4 is 5.72 Å². The molecule has 0 aromatic carbocycles. The van der Waals surface area contributed by atoms with Gasteiger partial charge < -0.3 is 5.11 Å². The van der Waals surface area contributed by atoms with E-state index >= 15 is 0 Å². The summed E-state index contributed by atoms with van der Waals surface area (Å²) in [7, 11) is 1.83. The highest BCUT2D eigenvalue weighted by molar-refractivity contribution is 6.54. The van der Waals surface area contributed by atoms with Crippen molar-refractivity contribution in [2.75, 3.05) is 0 Å². The first-order valence-electron chi connectivity index (χ1n) is 4.22. The Morgan fingerprint density at radius 3 is 2.71 bits per heavy atom. The second-order valence-electron chi connectivity index (χ2n) is 4.08. The van der Waals surface area contributed by atoms with Crippen molar-refractivity contribution in [1.29, 1.82) is 0 Å². The number of hydrogen-bond donors (Lipinski definition) is 1. The molecule has 0 saturated heterocycles. The highest BCUT2D eigenvalue weighted by Gasteiger charge is 2.17. The molecule has 0 atom stereocenters.